The van der Waals surface area contributed by atoms with Crippen molar-refractivity contribution in [2.75, 3.05) is 0 Å². The minimum absolute atomic E-state index is 0.179. The molecule has 1 atom stereocenters. The lowest BCUT2D eigenvalue weighted by molar-refractivity contribution is 0.500. The zero-order chi connectivity index (χ0) is 18.9. The minimum atomic E-state index is -3.64. The Kier molecular flexibility index (Phi) is 4.75. The molecule has 0 amide bonds. The maximum Gasteiger partial charge on any atom is 0.244 e. The molecule has 1 aromatic carbocycles. The molecule has 3 aromatic rings. The lowest BCUT2D eigenvalue weighted by Crippen LogP contribution is -2.31. The zero-order valence-corrected chi connectivity index (χ0v) is 15.9. The van der Waals surface area contributed by atoms with Crippen molar-refractivity contribution in [3.05, 3.63) is 60.2 Å². The lowest BCUT2D eigenvalue weighted by atomic mass is 9.93. The number of sulfonamides is 1. The number of fused-ring (bicyclic) bond motifs is 1. The van der Waals surface area contributed by atoms with Gasteiger partial charge in [0.25, 0.3) is 0 Å². The van der Waals surface area contributed by atoms with Crippen LogP contribution in [0.4, 0.5) is 0 Å². The van der Waals surface area contributed by atoms with Crippen molar-refractivity contribution >= 4 is 10.0 Å². The van der Waals surface area contributed by atoms with E-state index >= 15 is 0 Å². The van der Waals surface area contributed by atoms with Crippen molar-refractivity contribution in [3.8, 4) is 11.4 Å². The standard InChI is InChI=1S/C19H21N5O2S/c1-2-24-13-15(11-21-24)27(25,26)23-18-10-6-9-17-16(18)12-20-19(22-17)14-7-4-3-5-8-14/h3-5,7-8,11-13,18,23H,2,6,9-10H2,1H3/t18-/m0/s1. The normalized spacial score (nSPS) is 16.9. The van der Waals surface area contributed by atoms with E-state index in [1.54, 1.807) is 17.1 Å². The minimum Gasteiger partial charge on any atom is -0.272 e. The van der Waals surface area contributed by atoms with E-state index in [0.29, 0.717) is 12.4 Å². The number of benzene rings is 1. The molecule has 1 N–H and O–H groups in total. The summed E-state index contributed by atoms with van der Waals surface area (Å²) in [5, 5.41) is 4.06. The second-order valence-electron chi connectivity index (χ2n) is 6.56. The number of rotatable bonds is 5. The Balaban J connectivity index is 1.61. The molecule has 140 valence electrons. The van der Waals surface area contributed by atoms with Crippen LogP contribution in [0.2, 0.25) is 0 Å². The molecule has 0 saturated heterocycles. The third kappa shape index (κ3) is 3.63. The first-order valence-electron chi connectivity index (χ1n) is 9.03. The van der Waals surface area contributed by atoms with Gasteiger partial charge < -0.3 is 0 Å². The predicted molar refractivity (Wildman–Crippen MR) is 101 cm³/mol. The maximum absolute atomic E-state index is 12.7. The third-order valence-corrected chi connectivity index (χ3v) is 6.18. The summed E-state index contributed by atoms with van der Waals surface area (Å²) in [6.45, 7) is 2.54. The first-order valence-corrected chi connectivity index (χ1v) is 10.5. The fourth-order valence-electron chi connectivity index (χ4n) is 3.31. The second kappa shape index (κ2) is 7.21. The molecular weight excluding hydrogens is 362 g/mol. The van der Waals surface area contributed by atoms with E-state index in [1.807, 2.05) is 37.3 Å². The fraction of sp³-hybridized carbons (Fsp3) is 0.316. The monoisotopic (exact) mass is 383 g/mol. The van der Waals surface area contributed by atoms with Crippen LogP contribution in [0.15, 0.2) is 53.8 Å². The first kappa shape index (κ1) is 17.8. The molecule has 1 aliphatic rings. The van der Waals surface area contributed by atoms with Crippen LogP contribution in [0.5, 0.6) is 0 Å². The number of nitrogens with zero attached hydrogens (tertiary/aromatic N) is 4. The number of aromatic nitrogens is 4. The summed E-state index contributed by atoms with van der Waals surface area (Å²) >= 11 is 0. The van der Waals surface area contributed by atoms with Crippen LogP contribution in [0, 0.1) is 0 Å². The molecule has 0 saturated carbocycles. The number of aryl methyl sites for hydroxylation is 2. The van der Waals surface area contributed by atoms with Crippen LogP contribution in [-0.2, 0) is 23.0 Å². The molecule has 0 radical (unpaired) electrons. The van der Waals surface area contributed by atoms with Gasteiger partial charge in [0.1, 0.15) is 4.90 Å². The molecule has 7 nitrogen and oxygen atoms in total. The second-order valence-corrected chi connectivity index (χ2v) is 8.27. The van der Waals surface area contributed by atoms with Gasteiger partial charge in [-0.2, -0.15) is 5.10 Å². The molecule has 2 heterocycles. The highest BCUT2D eigenvalue weighted by Gasteiger charge is 2.28. The SMILES string of the molecule is CCn1cc(S(=O)(=O)N[C@H]2CCCc3nc(-c4ccccc4)ncc32)cn1. The summed E-state index contributed by atoms with van der Waals surface area (Å²) in [5.74, 6) is 0.669. The molecule has 8 heteroatoms. The first-order chi connectivity index (χ1) is 13.1. The Labute approximate surface area is 158 Å². The zero-order valence-electron chi connectivity index (χ0n) is 15.0. The van der Waals surface area contributed by atoms with Crippen LogP contribution in [0.1, 0.15) is 37.1 Å². The summed E-state index contributed by atoms with van der Waals surface area (Å²) in [4.78, 5) is 9.34. The largest absolute Gasteiger partial charge is 0.272 e. The van der Waals surface area contributed by atoms with Crippen molar-refractivity contribution in [2.45, 2.75) is 43.7 Å². The van der Waals surface area contributed by atoms with Gasteiger partial charge in [0.15, 0.2) is 5.82 Å². The lowest BCUT2D eigenvalue weighted by Gasteiger charge is -2.25. The molecular formula is C19H21N5O2S. The molecule has 4 rings (SSSR count). The molecule has 1 aliphatic carbocycles. The smallest absolute Gasteiger partial charge is 0.244 e. The van der Waals surface area contributed by atoms with Crippen molar-refractivity contribution in [3.63, 3.8) is 0 Å². The molecule has 0 bridgehead atoms. The topological polar surface area (TPSA) is 89.8 Å². The Hall–Kier alpha value is -2.58. The molecule has 0 spiro atoms. The van der Waals surface area contributed by atoms with Crippen LogP contribution < -0.4 is 4.72 Å². The number of hydrogen-bond acceptors (Lipinski definition) is 5. The highest BCUT2D eigenvalue weighted by atomic mass is 32.2. The van der Waals surface area contributed by atoms with E-state index < -0.39 is 10.0 Å². The van der Waals surface area contributed by atoms with E-state index in [9.17, 15) is 8.42 Å². The Morgan fingerprint density at radius 3 is 2.78 bits per heavy atom. The van der Waals surface area contributed by atoms with Gasteiger partial charge in [-0.05, 0) is 26.2 Å². The van der Waals surface area contributed by atoms with E-state index in [2.05, 4.69) is 14.8 Å². The van der Waals surface area contributed by atoms with Gasteiger partial charge in [0, 0.05) is 35.8 Å². The van der Waals surface area contributed by atoms with Gasteiger partial charge in [0.2, 0.25) is 10.0 Å². The van der Waals surface area contributed by atoms with Crippen LogP contribution in [-0.4, -0.2) is 28.2 Å². The average Bonchev–Trinajstić information content (AvgIpc) is 3.19. The van der Waals surface area contributed by atoms with Crippen molar-refractivity contribution in [1.82, 2.24) is 24.5 Å². The van der Waals surface area contributed by atoms with Gasteiger partial charge >= 0.3 is 0 Å². The van der Waals surface area contributed by atoms with Crippen LogP contribution in [0.3, 0.4) is 0 Å². The van der Waals surface area contributed by atoms with Crippen LogP contribution in [0.25, 0.3) is 11.4 Å². The quantitative estimate of drug-likeness (QED) is 0.732. The van der Waals surface area contributed by atoms with Gasteiger partial charge in [-0.1, -0.05) is 30.3 Å². The van der Waals surface area contributed by atoms with Gasteiger partial charge in [0.05, 0.1) is 12.2 Å². The van der Waals surface area contributed by atoms with Gasteiger partial charge in [-0.3, -0.25) is 4.68 Å². The van der Waals surface area contributed by atoms with Gasteiger partial charge in [-0.15, -0.1) is 0 Å². The van der Waals surface area contributed by atoms with E-state index in [-0.39, 0.29) is 10.9 Å². The predicted octanol–water partition coefficient (Wildman–Crippen LogP) is 2.72. The van der Waals surface area contributed by atoms with Crippen molar-refractivity contribution < 1.29 is 8.42 Å². The molecule has 0 fully saturated rings. The molecule has 0 unspecified atom stereocenters. The fourth-order valence-corrected chi connectivity index (χ4v) is 4.51. The molecule has 0 aliphatic heterocycles. The third-order valence-electron chi connectivity index (χ3n) is 4.76. The summed E-state index contributed by atoms with van der Waals surface area (Å²) in [6, 6.07) is 9.46. The Morgan fingerprint density at radius 2 is 2.04 bits per heavy atom. The maximum atomic E-state index is 12.7. The van der Waals surface area contributed by atoms with Crippen molar-refractivity contribution in [1.29, 1.82) is 0 Å². The summed E-state index contributed by atoms with van der Waals surface area (Å²) < 4.78 is 29.8. The Bertz CT molecular complexity index is 1050. The van der Waals surface area contributed by atoms with Crippen LogP contribution >= 0.6 is 0 Å². The molecule has 2 aromatic heterocycles. The molecule has 27 heavy (non-hydrogen) atoms. The van der Waals surface area contributed by atoms with E-state index in [0.717, 1.165) is 36.1 Å². The average molecular weight is 383 g/mol. The summed E-state index contributed by atoms with van der Waals surface area (Å²) in [7, 11) is -3.64. The van der Waals surface area contributed by atoms with Crippen molar-refractivity contribution in [2.24, 2.45) is 0 Å². The highest BCUT2D eigenvalue weighted by Crippen LogP contribution is 2.30. The Morgan fingerprint density at radius 1 is 1.22 bits per heavy atom. The summed E-state index contributed by atoms with van der Waals surface area (Å²) in [6.07, 6.45) is 7.10. The highest BCUT2D eigenvalue weighted by molar-refractivity contribution is 7.89. The van der Waals surface area contributed by atoms with E-state index in [4.69, 9.17) is 4.98 Å². The number of nitrogens with one attached hydrogen (secondary N) is 1. The van der Waals surface area contributed by atoms with Gasteiger partial charge in [-0.25, -0.2) is 23.1 Å². The summed E-state index contributed by atoms with van der Waals surface area (Å²) in [5.41, 5.74) is 2.72. The number of hydrogen-bond donors (Lipinski definition) is 1. The van der Waals surface area contributed by atoms with E-state index in [1.165, 1.54) is 6.20 Å².